The van der Waals surface area contributed by atoms with Crippen molar-refractivity contribution >= 4 is 17.3 Å². The van der Waals surface area contributed by atoms with Gasteiger partial charge >= 0.3 is 6.01 Å². The van der Waals surface area contributed by atoms with Crippen molar-refractivity contribution in [3.05, 3.63) is 29.5 Å². The van der Waals surface area contributed by atoms with E-state index in [2.05, 4.69) is 9.97 Å². The summed E-state index contributed by atoms with van der Waals surface area (Å²) in [6.07, 6.45) is 2.42. The lowest BCUT2D eigenvalue weighted by atomic mass is 9.72. The highest BCUT2D eigenvalue weighted by Gasteiger charge is 2.35. The maximum absolute atomic E-state index is 13.2. The summed E-state index contributed by atoms with van der Waals surface area (Å²) in [5.41, 5.74) is 2.00. The molecule has 0 amide bonds. The smallest absolute Gasteiger partial charge is 0.319 e. The highest BCUT2D eigenvalue weighted by molar-refractivity contribution is 6.03. The van der Waals surface area contributed by atoms with Gasteiger partial charge in [0.1, 0.15) is 17.3 Å². The number of carbonyl (C=O) groups excluding carboxylic acids is 3. The van der Waals surface area contributed by atoms with Crippen molar-refractivity contribution in [1.82, 2.24) is 9.97 Å². The SMILES string of the molecule is COc1ncc(-c2ccc(O)c3c2CC(CC(CCO)C(CO)C(=O)CC(C)=O)CC3=O)c(OC)n1. The number of methoxy groups -OCH3 is 2. The second kappa shape index (κ2) is 12.0. The van der Waals surface area contributed by atoms with Gasteiger partial charge in [-0.15, -0.1) is 0 Å². The lowest BCUT2D eigenvalue weighted by Gasteiger charge is -2.31. The molecule has 3 unspecified atom stereocenters. The van der Waals surface area contributed by atoms with E-state index in [0.29, 0.717) is 29.5 Å². The van der Waals surface area contributed by atoms with Gasteiger partial charge in [-0.1, -0.05) is 6.07 Å². The Morgan fingerprint density at radius 1 is 1.14 bits per heavy atom. The number of rotatable bonds is 12. The van der Waals surface area contributed by atoms with Gasteiger partial charge in [0, 0.05) is 25.1 Å². The first-order chi connectivity index (χ1) is 17.2. The highest BCUT2D eigenvalue weighted by atomic mass is 16.5. The van der Waals surface area contributed by atoms with Crippen molar-refractivity contribution in [1.29, 1.82) is 0 Å². The molecule has 1 aromatic carbocycles. The normalized spacial score (nSPS) is 16.7. The van der Waals surface area contributed by atoms with Crippen LogP contribution in [-0.2, 0) is 16.0 Å². The first kappa shape index (κ1) is 27.2. The summed E-state index contributed by atoms with van der Waals surface area (Å²) >= 11 is 0. The molecule has 2 aromatic rings. The molecule has 3 rings (SSSR count). The summed E-state index contributed by atoms with van der Waals surface area (Å²) in [5, 5.41) is 30.0. The van der Waals surface area contributed by atoms with Crippen LogP contribution in [0.15, 0.2) is 18.3 Å². The maximum Gasteiger partial charge on any atom is 0.319 e. The Balaban J connectivity index is 1.98. The molecule has 0 saturated carbocycles. The Labute approximate surface area is 209 Å². The van der Waals surface area contributed by atoms with Crippen LogP contribution in [0.5, 0.6) is 17.6 Å². The molecule has 10 nitrogen and oxygen atoms in total. The lowest BCUT2D eigenvalue weighted by molar-refractivity contribution is -0.131. The van der Waals surface area contributed by atoms with Crippen LogP contribution in [0.2, 0.25) is 0 Å². The van der Waals surface area contributed by atoms with E-state index >= 15 is 0 Å². The highest BCUT2D eigenvalue weighted by Crippen LogP contribution is 2.42. The van der Waals surface area contributed by atoms with Crippen molar-refractivity contribution in [2.75, 3.05) is 27.4 Å². The third-order valence-electron chi connectivity index (χ3n) is 6.67. The Bertz CT molecular complexity index is 1130. The molecule has 0 saturated heterocycles. The number of carbonyl (C=O) groups is 3. The number of aromatic nitrogens is 2. The fraction of sp³-hybridized carbons (Fsp3) is 0.500. The summed E-state index contributed by atoms with van der Waals surface area (Å²) in [6, 6.07) is 3.25. The van der Waals surface area contributed by atoms with E-state index in [1.807, 2.05) is 0 Å². The number of ether oxygens (including phenoxy) is 2. The zero-order chi connectivity index (χ0) is 26.4. The van der Waals surface area contributed by atoms with Gasteiger partial charge in [-0.25, -0.2) is 4.98 Å². The molecule has 1 aliphatic carbocycles. The summed E-state index contributed by atoms with van der Waals surface area (Å²) < 4.78 is 10.5. The van der Waals surface area contributed by atoms with E-state index in [1.54, 1.807) is 6.07 Å². The third kappa shape index (κ3) is 5.88. The fourth-order valence-electron chi connectivity index (χ4n) is 5.06. The molecule has 10 heteroatoms. The Hall–Kier alpha value is -3.37. The lowest BCUT2D eigenvalue weighted by Crippen LogP contribution is -2.32. The minimum Gasteiger partial charge on any atom is -0.507 e. The number of phenols is 1. The van der Waals surface area contributed by atoms with Crippen LogP contribution in [0, 0.1) is 17.8 Å². The van der Waals surface area contributed by atoms with Gasteiger partial charge in [-0.3, -0.25) is 14.4 Å². The number of aliphatic hydroxyl groups is 2. The number of aromatic hydroxyl groups is 1. The Morgan fingerprint density at radius 3 is 2.50 bits per heavy atom. The Kier molecular flexibility index (Phi) is 9.11. The van der Waals surface area contributed by atoms with Gasteiger partial charge in [0.2, 0.25) is 5.88 Å². The van der Waals surface area contributed by atoms with Crippen molar-refractivity contribution in [2.45, 2.75) is 39.0 Å². The van der Waals surface area contributed by atoms with Gasteiger partial charge in [0.05, 0.1) is 38.4 Å². The molecule has 0 bridgehead atoms. The molecule has 1 aliphatic rings. The van der Waals surface area contributed by atoms with Gasteiger partial charge in [0.25, 0.3) is 0 Å². The maximum atomic E-state index is 13.2. The van der Waals surface area contributed by atoms with Crippen LogP contribution in [0.1, 0.15) is 48.5 Å². The zero-order valence-electron chi connectivity index (χ0n) is 20.7. The first-order valence-corrected chi connectivity index (χ1v) is 11.8. The van der Waals surface area contributed by atoms with Gasteiger partial charge in [-0.2, -0.15) is 4.98 Å². The largest absolute Gasteiger partial charge is 0.507 e. The van der Waals surface area contributed by atoms with Gasteiger partial charge in [0.15, 0.2) is 5.78 Å². The molecular weight excluding hydrogens is 468 g/mol. The van der Waals surface area contributed by atoms with Crippen molar-refractivity contribution < 1.29 is 39.2 Å². The van der Waals surface area contributed by atoms with E-state index < -0.39 is 18.4 Å². The predicted molar refractivity (Wildman–Crippen MR) is 129 cm³/mol. The molecular formula is C26H32N2O8. The van der Waals surface area contributed by atoms with Crippen molar-refractivity contribution in [3.63, 3.8) is 0 Å². The molecule has 3 atom stereocenters. The van der Waals surface area contributed by atoms with Gasteiger partial charge < -0.3 is 24.8 Å². The zero-order valence-corrected chi connectivity index (χ0v) is 20.7. The number of fused-ring (bicyclic) bond motifs is 1. The average molecular weight is 501 g/mol. The minimum atomic E-state index is -0.809. The molecule has 3 N–H and O–H groups in total. The number of phenolic OH excluding ortho intramolecular Hbond substituents is 1. The summed E-state index contributed by atoms with van der Waals surface area (Å²) in [4.78, 5) is 45.6. The van der Waals surface area contributed by atoms with Crippen LogP contribution >= 0.6 is 0 Å². The fourth-order valence-corrected chi connectivity index (χ4v) is 5.06. The number of Topliss-reactive ketones (excluding diaryl/α,β-unsaturated/α-hetero) is 3. The van der Waals surface area contributed by atoms with Crippen LogP contribution in [0.25, 0.3) is 11.1 Å². The van der Waals surface area contributed by atoms with E-state index in [-0.39, 0.29) is 72.3 Å². The predicted octanol–water partition coefficient (Wildman–Crippen LogP) is 2.16. The minimum absolute atomic E-state index is 0.120. The number of hydrogen-bond acceptors (Lipinski definition) is 10. The van der Waals surface area contributed by atoms with E-state index in [9.17, 15) is 29.7 Å². The topological polar surface area (TPSA) is 156 Å². The summed E-state index contributed by atoms with van der Waals surface area (Å²) in [6.45, 7) is 0.675. The number of nitrogens with zero attached hydrogens (tertiary/aromatic N) is 2. The molecule has 0 radical (unpaired) electrons. The van der Waals surface area contributed by atoms with Crippen molar-refractivity contribution in [3.8, 4) is 28.8 Å². The van der Waals surface area contributed by atoms with Crippen LogP contribution in [0.3, 0.4) is 0 Å². The van der Waals surface area contributed by atoms with Crippen LogP contribution in [-0.4, -0.2) is 70.1 Å². The Morgan fingerprint density at radius 2 is 1.89 bits per heavy atom. The second-order valence-corrected chi connectivity index (χ2v) is 9.11. The van der Waals surface area contributed by atoms with Crippen LogP contribution < -0.4 is 9.47 Å². The quantitative estimate of drug-likeness (QED) is 0.369. The third-order valence-corrected chi connectivity index (χ3v) is 6.67. The second-order valence-electron chi connectivity index (χ2n) is 9.11. The summed E-state index contributed by atoms with van der Waals surface area (Å²) in [7, 11) is 2.89. The molecule has 1 heterocycles. The average Bonchev–Trinajstić information content (AvgIpc) is 2.84. The van der Waals surface area contributed by atoms with E-state index in [0.717, 1.165) is 0 Å². The van der Waals surface area contributed by atoms with Crippen molar-refractivity contribution in [2.24, 2.45) is 17.8 Å². The molecule has 0 fully saturated rings. The molecule has 0 spiro atoms. The standard InChI is InChI=1S/C26H32N2O8/c1-14(31)8-22(33)20(13-30)16(6-7-29)9-15-10-18-17(4-5-21(32)24(18)23(34)11-15)19-12-27-26(36-3)28-25(19)35-2/h4-5,12,15-16,20,29-30,32H,6-11,13H2,1-3H3. The summed E-state index contributed by atoms with van der Waals surface area (Å²) in [5.74, 6) is -2.22. The molecule has 36 heavy (non-hydrogen) atoms. The number of aliphatic hydroxyl groups excluding tert-OH is 2. The first-order valence-electron chi connectivity index (χ1n) is 11.8. The number of ketones is 3. The number of hydrogen-bond donors (Lipinski definition) is 3. The van der Waals surface area contributed by atoms with Crippen LogP contribution in [0.4, 0.5) is 0 Å². The molecule has 1 aromatic heterocycles. The monoisotopic (exact) mass is 500 g/mol. The molecule has 194 valence electrons. The van der Waals surface area contributed by atoms with E-state index in [4.69, 9.17) is 9.47 Å². The number of benzene rings is 1. The molecule has 0 aliphatic heterocycles. The van der Waals surface area contributed by atoms with E-state index in [1.165, 1.54) is 33.4 Å². The van der Waals surface area contributed by atoms with Gasteiger partial charge in [-0.05, 0) is 55.2 Å².